The Morgan fingerprint density at radius 1 is 1.15 bits per heavy atom. The standard InChI is InChI=1S/C13H13N3O3S/c1-20(18,19)12-7-6-11(8-15-12)16-13(17)9-2-4-10(14)5-3-9/h2-8H,14H2,1H3,(H,16,17). The maximum Gasteiger partial charge on any atom is 0.255 e. The lowest BCUT2D eigenvalue weighted by Gasteiger charge is -2.05. The van der Waals surface area contributed by atoms with Gasteiger partial charge in [-0.1, -0.05) is 0 Å². The lowest BCUT2D eigenvalue weighted by Crippen LogP contribution is -2.12. The van der Waals surface area contributed by atoms with Crippen LogP contribution in [0, 0.1) is 0 Å². The third-order valence-electron chi connectivity index (χ3n) is 2.55. The molecule has 0 aliphatic heterocycles. The largest absolute Gasteiger partial charge is 0.399 e. The number of sulfone groups is 1. The van der Waals surface area contributed by atoms with Gasteiger partial charge in [-0.05, 0) is 36.4 Å². The van der Waals surface area contributed by atoms with Crippen molar-refractivity contribution in [2.75, 3.05) is 17.3 Å². The average Bonchev–Trinajstić information content (AvgIpc) is 2.39. The number of nitrogens with two attached hydrogens (primary N) is 1. The molecular weight excluding hydrogens is 278 g/mol. The second-order valence-electron chi connectivity index (χ2n) is 4.23. The molecule has 0 unspecified atom stereocenters. The van der Waals surface area contributed by atoms with E-state index < -0.39 is 9.84 Å². The summed E-state index contributed by atoms with van der Waals surface area (Å²) in [5, 5.41) is 2.58. The molecule has 2 aromatic rings. The van der Waals surface area contributed by atoms with Gasteiger partial charge in [-0.25, -0.2) is 13.4 Å². The Bertz CT molecular complexity index is 722. The SMILES string of the molecule is CS(=O)(=O)c1ccc(NC(=O)c2ccc(N)cc2)cn1. The minimum Gasteiger partial charge on any atom is -0.399 e. The fourth-order valence-corrected chi connectivity index (χ4v) is 2.07. The Morgan fingerprint density at radius 2 is 1.80 bits per heavy atom. The molecule has 0 radical (unpaired) electrons. The summed E-state index contributed by atoms with van der Waals surface area (Å²) >= 11 is 0. The second-order valence-corrected chi connectivity index (χ2v) is 6.20. The first-order valence-electron chi connectivity index (χ1n) is 5.69. The minimum absolute atomic E-state index is 0.0389. The fourth-order valence-electron chi connectivity index (χ4n) is 1.51. The van der Waals surface area contributed by atoms with Crippen LogP contribution >= 0.6 is 0 Å². The molecule has 6 nitrogen and oxygen atoms in total. The maximum absolute atomic E-state index is 11.9. The molecule has 3 N–H and O–H groups in total. The summed E-state index contributed by atoms with van der Waals surface area (Å²) in [5.41, 5.74) is 6.97. The molecule has 0 bridgehead atoms. The van der Waals surface area contributed by atoms with Crippen molar-refractivity contribution in [3.05, 3.63) is 48.2 Å². The van der Waals surface area contributed by atoms with Crippen molar-refractivity contribution in [3.8, 4) is 0 Å². The third kappa shape index (κ3) is 3.33. The predicted molar refractivity (Wildman–Crippen MR) is 76.2 cm³/mol. The lowest BCUT2D eigenvalue weighted by atomic mass is 10.2. The molecule has 0 spiro atoms. The van der Waals surface area contributed by atoms with Gasteiger partial charge in [0.15, 0.2) is 14.9 Å². The molecule has 7 heteroatoms. The number of rotatable bonds is 3. The molecular formula is C13H13N3O3S. The highest BCUT2D eigenvalue weighted by molar-refractivity contribution is 7.90. The van der Waals surface area contributed by atoms with Crippen LogP contribution in [0.2, 0.25) is 0 Å². The molecule has 1 aromatic heterocycles. The summed E-state index contributed by atoms with van der Waals surface area (Å²) in [6.45, 7) is 0. The van der Waals surface area contributed by atoms with Gasteiger partial charge in [0.05, 0.1) is 11.9 Å². The summed E-state index contributed by atoms with van der Waals surface area (Å²) in [4.78, 5) is 15.7. The van der Waals surface area contributed by atoms with Gasteiger partial charge in [0, 0.05) is 17.5 Å². The van der Waals surface area contributed by atoms with E-state index in [2.05, 4.69) is 10.3 Å². The van der Waals surface area contributed by atoms with Crippen LogP contribution in [0.1, 0.15) is 10.4 Å². The van der Waals surface area contributed by atoms with E-state index in [0.717, 1.165) is 6.26 Å². The van der Waals surface area contributed by atoms with Crippen molar-refractivity contribution in [1.82, 2.24) is 4.98 Å². The Hall–Kier alpha value is -2.41. The zero-order valence-electron chi connectivity index (χ0n) is 10.7. The Labute approximate surface area is 116 Å². The average molecular weight is 291 g/mol. The smallest absolute Gasteiger partial charge is 0.255 e. The number of aromatic nitrogens is 1. The van der Waals surface area contributed by atoms with Crippen molar-refractivity contribution >= 4 is 27.1 Å². The summed E-state index contributed by atoms with van der Waals surface area (Å²) in [7, 11) is -3.34. The normalized spacial score (nSPS) is 11.1. The van der Waals surface area contributed by atoms with Gasteiger partial charge in [0.2, 0.25) is 0 Å². The van der Waals surface area contributed by atoms with Crippen LogP contribution in [0.25, 0.3) is 0 Å². The molecule has 1 aromatic carbocycles. The van der Waals surface area contributed by atoms with Crippen LogP contribution in [-0.2, 0) is 9.84 Å². The van der Waals surface area contributed by atoms with Gasteiger partial charge in [-0.2, -0.15) is 0 Å². The zero-order chi connectivity index (χ0) is 14.8. The molecule has 0 fully saturated rings. The molecule has 0 aliphatic carbocycles. The highest BCUT2D eigenvalue weighted by Crippen LogP contribution is 2.12. The molecule has 2 rings (SSSR count). The monoisotopic (exact) mass is 291 g/mol. The molecule has 0 aliphatic rings. The van der Waals surface area contributed by atoms with Crippen molar-refractivity contribution in [1.29, 1.82) is 0 Å². The molecule has 1 amide bonds. The van der Waals surface area contributed by atoms with Crippen molar-refractivity contribution in [2.45, 2.75) is 5.03 Å². The topological polar surface area (TPSA) is 102 Å². The van der Waals surface area contributed by atoms with Crippen LogP contribution in [0.3, 0.4) is 0 Å². The van der Waals surface area contributed by atoms with Crippen molar-refractivity contribution < 1.29 is 13.2 Å². The number of benzene rings is 1. The molecule has 1 heterocycles. The second kappa shape index (κ2) is 5.30. The Balaban J connectivity index is 2.14. The Morgan fingerprint density at radius 3 is 2.30 bits per heavy atom. The van der Waals surface area contributed by atoms with Gasteiger partial charge >= 0.3 is 0 Å². The van der Waals surface area contributed by atoms with Crippen LogP contribution < -0.4 is 11.1 Å². The number of anilines is 2. The van der Waals surface area contributed by atoms with Crippen LogP contribution in [0.4, 0.5) is 11.4 Å². The lowest BCUT2D eigenvalue weighted by molar-refractivity contribution is 0.102. The van der Waals surface area contributed by atoms with E-state index in [9.17, 15) is 13.2 Å². The number of carbonyl (C=O) groups is 1. The molecule has 0 saturated carbocycles. The van der Waals surface area contributed by atoms with E-state index in [0.29, 0.717) is 16.9 Å². The van der Waals surface area contributed by atoms with Crippen LogP contribution in [0.5, 0.6) is 0 Å². The number of nitrogen functional groups attached to an aromatic ring is 1. The Kier molecular flexibility index (Phi) is 3.71. The van der Waals surface area contributed by atoms with Gasteiger partial charge < -0.3 is 11.1 Å². The first-order valence-corrected chi connectivity index (χ1v) is 7.58. The van der Waals surface area contributed by atoms with Gasteiger partial charge in [-0.15, -0.1) is 0 Å². The first kappa shape index (κ1) is 14.0. The van der Waals surface area contributed by atoms with E-state index in [4.69, 9.17) is 5.73 Å². The van der Waals surface area contributed by atoms with Crippen molar-refractivity contribution in [3.63, 3.8) is 0 Å². The van der Waals surface area contributed by atoms with Crippen LogP contribution in [-0.4, -0.2) is 25.6 Å². The van der Waals surface area contributed by atoms with E-state index in [-0.39, 0.29) is 10.9 Å². The summed E-state index contributed by atoms with van der Waals surface area (Å²) in [6.07, 6.45) is 2.37. The molecule has 0 saturated heterocycles. The fraction of sp³-hybridized carbons (Fsp3) is 0.0769. The number of nitrogens with one attached hydrogen (secondary N) is 1. The van der Waals surface area contributed by atoms with E-state index in [1.165, 1.54) is 18.3 Å². The quantitative estimate of drug-likeness (QED) is 0.830. The molecule has 0 atom stereocenters. The van der Waals surface area contributed by atoms with Gasteiger partial charge in [0.25, 0.3) is 5.91 Å². The van der Waals surface area contributed by atoms with E-state index in [1.54, 1.807) is 24.3 Å². The van der Waals surface area contributed by atoms with Crippen LogP contribution in [0.15, 0.2) is 47.6 Å². The highest BCUT2D eigenvalue weighted by Gasteiger charge is 2.10. The van der Waals surface area contributed by atoms with E-state index in [1.807, 2.05) is 0 Å². The summed E-state index contributed by atoms with van der Waals surface area (Å²) < 4.78 is 22.5. The number of carbonyl (C=O) groups excluding carboxylic acids is 1. The number of nitrogens with zero attached hydrogens (tertiary/aromatic N) is 1. The zero-order valence-corrected chi connectivity index (χ0v) is 11.5. The highest BCUT2D eigenvalue weighted by atomic mass is 32.2. The third-order valence-corrected chi connectivity index (χ3v) is 3.55. The van der Waals surface area contributed by atoms with Gasteiger partial charge in [0.1, 0.15) is 0 Å². The van der Waals surface area contributed by atoms with Crippen molar-refractivity contribution in [2.24, 2.45) is 0 Å². The molecule has 104 valence electrons. The summed E-state index contributed by atoms with van der Waals surface area (Å²) in [5.74, 6) is -0.320. The van der Waals surface area contributed by atoms with E-state index >= 15 is 0 Å². The maximum atomic E-state index is 11.9. The number of amides is 1. The first-order chi connectivity index (χ1) is 9.36. The minimum atomic E-state index is -3.34. The van der Waals surface area contributed by atoms with Gasteiger partial charge in [-0.3, -0.25) is 4.79 Å². The predicted octanol–water partition coefficient (Wildman–Crippen LogP) is 1.32. The number of hydrogen-bond donors (Lipinski definition) is 2. The number of pyridine rings is 1. The summed E-state index contributed by atoms with van der Waals surface area (Å²) in [6, 6.07) is 9.28. The molecule has 20 heavy (non-hydrogen) atoms. The number of hydrogen-bond acceptors (Lipinski definition) is 5.